The van der Waals surface area contributed by atoms with E-state index in [1.807, 2.05) is 12.1 Å². The van der Waals surface area contributed by atoms with Crippen molar-refractivity contribution >= 4 is 39.4 Å². The second-order valence-electron chi connectivity index (χ2n) is 3.31. The van der Waals surface area contributed by atoms with Crippen LogP contribution in [-0.2, 0) is 4.79 Å². The van der Waals surface area contributed by atoms with Crippen molar-refractivity contribution in [1.82, 2.24) is 10.6 Å². The molecule has 1 aromatic carbocycles. The number of guanidine groups is 1. The van der Waals surface area contributed by atoms with Gasteiger partial charge in [-0.05, 0) is 33.6 Å². The summed E-state index contributed by atoms with van der Waals surface area (Å²) < 4.78 is 0.806. The average Bonchev–Trinajstić information content (AvgIpc) is 2.64. The van der Waals surface area contributed by atoms with Gasteiger partial charge in [0.1, 0.15) is 6.04 Å². The summed E-state index contributed by atoms with van der Waals surface area (Å²) in [5.41, 5.74) is 0.810. The maximum Gasteiger partial charge on any atom is 0.253 e. The molecule has 2 rings (SSSR count). The maximum absolute atomic E-state index is 11.6. The number of hydrogen-bond acceptors (Lipinski definition) is 2. The third-order valence-corrected chi connectivity index (χ3v) is 3.52. The Morgan fingerprint density at radius 2 is 2.25 bits per heavy atom. The van der Waals surface area contributed by atoms with Gasteiger partial charge < -0.3 is 5.32 Å². The minimum absolute atomic E-state index is 0.126. The molecule has 0 spiro atoms. The predicted molar refractivity (Wildman–Crippen MR) is 66.5 cm³/mol. The topological polar surface area (TPSA) is 53.5 Å². The van der Waals surface area contributed by atoms with E-state index in [0.29, 0.717) is 11.0 Å². The van der Waals surface area contributed by atoms with Gasteiger partial charge in [0.15, 0.2) is 5.96 Å². The fraction of sp³-hybridized carbons (Fsp3) is 0.200. The van der Waals surface area contributed by atoms with Crippen molar-refractivity contribution in [3.8, 4) is 0 Å². The number of rotatable bonds is 1. The minimum Gasteiger partial charge on any atom is -0.340 e. The van der Waals surface area contributed by atoms with Gasteiger partial charge in [-0.15, -0.1) is 0 Å². The van der Waals surface area contributed by atoms with E-state index in [9.17, 15) is 4.79 Å². The van der Waals surface area contributed by atoms with Gasteiger partial charge >= 0.3 is 0 Å². The van der Waals surface area contributed by atoms with Gasteiger partial charge in [-0.1, -0.05) is 17.7 Å². The van der Waals surface area contributed by atoms with E-state index in [0.717, 1.165) is 10.0 Å². The number of nitrogens with zero attached hydrogens (tertiary/aromatic N) is 1. The number of amides is 1. The summed E-state index contributed by atoms with van der Waals surface area (Å²) >= 11 is 9.28. The quantitative estimate of drug-likeness (QED) is 0.832. The molecule has 4 nitrogen and oxygen atoms in total. The van der Waals surface area contributed by atoms with Gasteiger partial charge in [0.25, 0.3) is 5.91 Å². The highest BCUT2D eigenvalue weighted by molar-refractivity contribution is 9.10. The van der Waals surface area contributed by atoms with Crippen LogP contribution in [0.3, 0.4) is 0 Å². The molecule has 0 aromatic heterocycles. The van der Waals surface area contributed by atoms with Crippen LogP contribution in [0.4, 0.5) is 0 Å². The molecule has 0 radical (unpaired) electrons. The molecule has 1 fully saturated rings. The Labute approximate surface area is 106 Å². The molecule has 1 unspecified atom stereocenters. The molecule has 1 heterocycles. The minimum atomic E-state index is -0.427. The molecule has 1 saturated heterocycles. The molecule has 1 aliphatic heterocycles. The lowest BCUT2D eigenvalue weighted by Crippen LogP contribution is -2.24. The van der Waals surface area contributed by atoms with E-state index in [-0.39, 0.29) is 5.91 Å². The van der Waals surface area contributed by atoms with Gasteiger partial charge in [0, 0.05) is 11.5 Å². The molecule has 1 amide bonds. The number of halogens is 2. The fourth-order valence-corrected chi connectivity index (χ4v) is 1.91. The fourth-order valence-electron chi connectivity index (χ4n) is 1.47. The second kappa shape index (κ2) is 4.43. The first-order valence-corrected chi connectivity index (χ1v) is 5.78. The van der Waals surface area contributed by atoms with Crippen LogP contribution in [0.15, 0.2) is 27.7 Å². The normalized spacial score (nSPS) is 22.1. The average molecular weight is 303 g/mol. The van der Waals surface area contributed by atoms with Crippen LogP contribution < -0.4 is 10.6 Å². The zero-order valence-electron chi connectivity index (χ0n) is 8.42. The highest BCUT2D eigenvalue weighted by atomic mass is 79.9. The number of nitrogens with one attached hydrogen (secondary N) is 2. The van der Waals surface area contributed by atoms with E-state index in [2.05, 4.69) is 31.6 Å². The zero-order valence-corrected chi connectivity index (χ0v) is 10.8. The van der Waals surface area contributed by atoms with Gasteiger partial charge in [-0.25, -0.2) is 0 Å². The number of carbonyl (C=O) groups is 1. The van der Waals surface area contributed by atoms with Gasteiger partial charge in [-0.2, -0.15) is 0 Å². The van der Waals surface area contributed by atoms with Crippen molar-refractivity contribution < 1.29 is 4.79 Å². The first-order valence-electron chi connectivity index (χ1n) is 4.61. The van der Waals surface area contributed by atoms with Crippen molar-refractivity contribution in [1.29, 1.82) is 0 Å². The molecule has 1 aromatic rings. The van der Waals surface area contributed by atoms with Crippen molar-refractivity contribution in [2.45, 2.75) is 6.04 Å². The Kier molecular flexibility index (Phi) is 3.16. The summed E-state index contributed by atoms with van der Waals surface area (Å²) in [6.07, 6.45) is 0. The Hall–Kier alpha value is -1.07. The molecular formula is C10H9BrClN3O. The van der Waals surface area contributed by atoms with Crippen LogP contribution in [0.5, 0.6) is 0 Å². The van der Waals surface area contributed by atoms with E-state index >= 15 is 0 Å². The highest BCUT2D eigenvalue weighted by Gasteiger charge is 2.29. The van der Waals surface area contributed by atoms with Crippen LogP contribution in [0.25, 0.3) is 0 Å². The lowest BCUT2D eigenvalue weighted by molar-refractivity contribution is -0.120. The van der Waals surface area contributed by atoms with Crippen LogP contribution >= 0.6 is 27.5 Å². The van der Waals surface area contributed by atoms with E-state index in [1.54, 1.807) is 13.1 Å². The molecular weight excluding hydrogens is 293 g/mol. The Bertz CT molecular complexity index is 475. The SMILES string of the molecule is CN=C1NC(=O)C(c2ccc(Br)c(Cl)c2)N1. The van der Waals surface area contributed by atoms with Gasteiger partial charge in [0.05, 0.1) is 5.02 Å². The van der Waals surface area contributed by atoms with Crippen LogP contribution in [-0.4, -0.2) is 18.9 Å². The first kappa shape index (κ1) is 11.4. The van der Waals surface area contributed by atoms with Crippen LogP contribution in [0.2, 0.25) is 5.02 Å². The molecule has 0 saturated carbocycles. The summed E-state index contributed by atoms with van der Waals surface area (Å²) in [6.45, 7) is 0. The molecule has 6 heteroatoms. The molecule has 16 heavy (non-hydrogen) atoms. The summed E-state index contributed by atoms with van der Waals surface area (Å²) in [7, 11) is 1.61. The molecule has 84 valence electrons. The largest absolute Gasteiger partial charge is 0.340 e. The van der Waals surface area contributed by atoms with Crippen molar-refractivity contribution in [3.63, 3.8) is 0 Å². The predicted octanol–water partition coefficient (Wildman–Crippen LogP) is 1.85. The number of carbonyl (C=O) groups excluding carboxylic acids is 1. The van der Waals surface area contributed by atoms with E-state index < -0.39 is 6.04 Å². The summed E-state index contributed by atoms with van der Waals surface area (Å²) in [6, 6.07) is 4.98. The molecule has 2 N–H and O–H groups in total. The van der Waals surface area contributed by atoms with Crippen molar-refractivity contribution in [3.05, 3.63) is 33.3 Å². The third-order valence-electron chi connectivity index (χ3n) is 2.29. The number of hydrogen-bond donors (Lipinski definition) is 2. The Morgan fingerprint density at radius 3 is 2.81 bits per heavy atom. The standard InChI is InChI=1S/C10H9BrClN3O/c1-13-10-14-8(9(16)15-10)5-2-3-6(11)7(12)4-5/h2-4,8H,1H3,(H2,13,14,15,16). The van der Waals surface area contributed by atoms with Crippen molar-refractivity contribution in [2.75, 3.05) is 7.05 Å². The Balaban J connectivity index is 2.31. The Morgan fingerprint density at radius 1 is 1.50 bits per heavy atom. The van der Waals surface area contributed by atoms with Gasteiger partial charge in [-0.3, -0.25) is 15.1 Å². The summed E-state index contributed by atoms with van der Waals surface area (Å²) in [4.78, 5) is 15.5. The van der Waals surface area contributed by atoms with Gasteiger partial charge in [0.2, 0.25) is 0 Å². The van der Waals surface area contributed by atoms with E-state index in [4.69, 9.17) is 11.6 Å². The highest BCUT2D eigenvalue weighted by Crippen LogP contribution is 2.27. The summed E-state index contributed by atoms with van der Waals surface area (Å²) in [5.74, 6) is 0.355. The smallest absolute Gasteiger partial charge is 0.253 e. The molecule has 0 bridgehead atoms. The number of benzene rings is 1. The summed E-state index contributed by atoms with van der Waals surface area (Å²) in [5, 5.41) is 6.18. The van der Waals surface area contributed by atoms with Crippen molar-refractivity contribution in [2.24, 2.45) is 4.99 Å². The lowest BCUT2D eigenvalue weighted by Gasteiger charge is -2.08. The maximum atomic E-state index is 11.6. The van der Waals surface area contributed by atoms with Crippen LogP contribution in [0, 0.1) is 0 Å². The van der Waals surface area contributed by atoms with Crippen LogP contribution in [0.1, 0.15) is 11.6 Å². The zero-order chi connectivity index (χ0) is 11.7. The lowest BCUT2D eigenvalue weighted by atomic mass is 10.1. The van der Waals surface area contributed by atoms with E-state index in [1.165, 1.54) is 0 Å². The number of aliphatic imine (C=N–C) groups is 1. The molecule has 1 aliphatic rings. The third kappa shape index (κ3) is 2.05. The second-order valence-corrected chi connectivity index (χ2v) is 4.57. The molecule has 0 aliphatic carbocycles. The molecule has 1 atom stereocenters. The monoisotopic (exact) mass is 301 g/mol. The first-order chi connectivity index (χ1) is 7.61.